The van der Waals surface area contributed by atoms with Gasteiger partial charge >= 0.3 is 5.97 Å². The van der Waals surface area contributed by atoms with Crippen LogP contribution in [0.3, 0.4) is 0 Å². The minimum Gasteiger partial charge on any atom is -0.488 e. The van der Waals surface area contributed by atoms with Crippen molar-refractivity contribution in [1.29, 1.82) is 0 Å². The van der Waals surface area contributed by atoms with Crippen LogP contribution in [0.25, 0.3) is 6.08 Å². The molecule has 0 aliphatic heterocycles. The molecule has 17 heavy (non-hydrogen) atoms. The molecule has 0 fully saturated rings. The molecule has 1 aromatic heterocycles. The van der Waals surface area contributed by atoms with E-state index in [2.05, 4.69) is 11.6 Å². The first-order chi connectivity index (χ1) is 8.11. The largest absolute Gasteiger partial charge is 0.488 e. The van der Waals surface area contributed by atoms with E-state index in [1.54, 1.807) is 18.3 Å². The van der Waals surface area contributed by atoms with Gasteiger partial charge in [0.25, 0.3) is 0 Å². The summed E-state index contributed by atoms with van der Waals surface area (Å²) in [5.74, 6) is -0.349. The summed E-state index contributed by atoms with van der Waals surface area (Å²) in [5, 5.41) is 8.45. The smallest absolute Gasteiger partial charge is 0.328 e. The molecule has 1 heterocycles. The average molecular weight is 233 g/mol. The first-order valence-corrected chi connectivity index (χ1v) is 5.28. The molecule has 1 N–H and O–H groups in total. The van der Waals surface area contributed by atoms with Crippen molar-refractivity contribution in [3.8, 4) is 5.75 Å². The number of carboxylic acids is 1. The number of pyridine rings is 1. The molecule has 0 spiro atoms. The van der Waals surface area contributed by atoms with Crippen LogP contribution in [0.5, 0.6) is 5.75 Å². The number of ether oxygens (including phenoxy) is 1. The van der Waals surface area contributed by atoms with Gasteiger partial charge in [-0.1, -0.05) is 13.5 Å². The Bertz CT molecular complexity index is 421. The van der Waals surface area contributed by atoms with E-state index in [1.807, 2.05) is 6.92 Å². The fraction of sp³-hybridized carbons (Fsp3) is 0.231. The average Bonchev–Trinajstić information content (AvgIpc) is 2.34. The van der Waals surface area contributed by atoms with Crippen molar-refractivity contribution in [2.45, 2.75) is 13.3 Å². The molecule has 4 nitrogen and oxygen atoms in total. The Kier molecular flexibility index (Phi) is 4.94. The summed E-state index contributed by atoms with van der Waals surface area (Å²) >= 11 is 0. The molecule has 0 aliphatic rings. The summed E-state index contributed by atoms with van der Waals surface area (Å²) in [7, 11) is 0. The molecule has 4 heteroatoms. The minimum atomic E-state index is -0.994. The Labute approximate surface area is 100 Å². The molecule has 90 valence electrons. The van der Waals surface area contributed by atoms with Crippen molar-refractivity contribution in [2.75, 3.05) is 6.61 Å². The van der Waals surface area contributed by atoms with E-state index in [1.165, 1.54) is 6.08 Å². The minimum absolute atomic E-state index is 0.475. The van der Waals surface area contributed by atoms with Gasteiger partial charge in [-0.15, -0.1) is 0 Å². The highest BCUT2D eigenvalue weighted by Crippen LogP contribution is 2.11. The molecule has 0 saturated carbocycles. The van der Waals surface area contributed by atoms with Crippen LogP contribution in [-0.4, -0.2) is 22.7 Å². The molecule has 0 amide bonds. The predicted molar refractivity (Wildman–Crippen MR) is 65.8 cm³/mol. The van der Waals surface area contributed by atoms with Crippen LogP contribution in [0.15, 0.2) is 36.6 Å². The zero-order chi connectivity index (χ0) is 12.7. The summed E-state index contributed by atoms with van der Waals surface area (Å²) in [6, 6.07) is 3.45. The van der Waals surface area contributed by atoms with Gasteiger partial charge in [0.05, 0.1) is 11.9 Å². The van der Waals surface area contributed by atoms with Crippen LogP contribution in [0.2, 0.25) is 0 Å². The van der Waals surface area contributed by atoms with Crippen molar-refractivity contribution in [2.24, 2.45) is 0 Å². The Morgan fingerprint density at radius 2 is 2.35 bits per heavy atom. The Hall–Kier alpha value is -2.10. The van der Waals surface area contributed by atoms with Gasteiger partial charge in [0.15, 0.2) is 0 Å². The molecule has 0 aromatic carbocycles. The number of hydrogen-bond donors (Lipinski definition) is 1. The lowest BCUT2D eigenvalue weighted by Gasteiger charge is -2.06. The molecular formula is C13H15NO3. The van der Waals surface area contributed by atoms with E-state index in [0.717, 1.165) is 18.1 Å². The third-order valence-electron chi connectivity index (χ3n) is 2.10. The maximum Gasteiger partial charge on any atom is 0.328 e. The number of nitrogens with zero attached hydrogens (tertiary/aromatic N) is 1. The van der Waals surface area contributed by atoms with Gasteiger partial charge < -0.3 is 9.84 Å². The van der Waals surface area contributed by atoms with Gasteiger partial charge in [-0.2, -0.15) is 0 Å². The lowest BCUT2D eigenvalue weighted by Crippen LogP contribution is -1.99. The van der Waals surface area contributed by atoms with Crippen molar-refractivity contribution >= 4 is 12.0 Å². The summed E-state index contributed by atoms with van der Waals surface area (Å²) in [6.07, 6.45) is 4.91. The van der Waals surface area contributed by atoms with Crippen LogP contribution in [0.1, 0.15) is 19.0 Å². The lowest BCUT2D eigenvalue weighted by molar-refractivity contribution is -0.131. The highest BCUT2D eigenvalue weighted by atomic mass is 16.5. The van der Waals surface area contributed by atoms with Gasteiger partial charge in [0, 0.05) is 6.08 Å². The highest BCUT2D eigenvalue weighted by Gasteiger charge is 1.96. The van der Waals surface area contributed by atoms with Gasteiger partial charge in [-0.05, 0) is 30.2 Å². The molecular weight excluding hydrogens is 218 g/mol. The Morgan fingerprint density at radius 3 is 2.88 bits per heavy atom. The number of aromatic nitrogens is 1. The summed E-state index contributed by atoms with van der Waals surface area (Å²) in [5.41, 5.74) is 1.59. The van der Waals surface area contributed by atoms with Crippen molar-refractivity contribution in [1.82, 2.24) is 4.98 Å². The predicted octanol–water partition coefficient (Wildman–Crippen LogP) is 2.52. The molecule has 0 aliphatic carbocycles. The third-order valence-corrected chi connectivity index (χ3v) is 2.10. The fourth-order valence-electron chi connectivity index (χ4n) is 1.02. The molecule has 1 rings (SSSR count). The zero-order valence-corrected chi connectivity index (χ0v) is 9.72. The van der Waals surface area contributed by atoms with E-state index in [9.17, 15) is 4.79 Å². The Balaban J connectivity index is 2.56. The van der Waals surface area contributed by atoms with Gasteiger partial charge in [0.2, 0.25) is 0 Å². The normalized spacial score (nSPS) is 10.4. The quantitative estimate of drug-likeness (QED) is 0.606. The zero-order valence-electron chi connectivity index (χ0n) is 9.72. The van der Waals surface area contributed by atoms with E-state index in [0.29, 0.717) is 18.1 Å². The summed E-state index contributed by atoms with van der Waals surface area (Å²) < 4.78 is 5.44. The molecule has 1 aromatic rings. The highest BCUT2D eigenvalue weighted by molar-refractivity contribution is 5.84. The number of carbonyl (C=O) groups is 1. The lowest BCUT2D eigenvalue weighted by atomic mass is 10.2. The van der Waals surface area contributed by atoms with Crippen LogP contribution in [-0.2, 0) is 4.79 Å². The summed E-state index contributed by atoms with van der Waals surface area (Å²) in [4.78, 5) is 14.4. The number of rotatable bonds is 6. The van der Waals surface area contributed by atoms with Crippen LogP contribution < -0.4 is 4.74 Å². The molecule has 0 bridgehead atoms. The first kappa shape index (κ1) is 13.0. The Morgan fingerprint density at radius 1 is 1.59 bits per heavy atom. The second kappa shape index (κ2) is 6.48. The van der Waals surface area contributed by atoms with E-state index in [4.69, 9.17) is 9.84 Å². The third kappa shape index (κ3) is 4.97. The second-order valence-electron chi connectivity index (χ2n) is 3.48. The maximum atomic E-state index is 10.3. The molecule has 0 radical (unpaired) electrons. The van der Waals surface area contributed by atoms with Crippen LogP contribution >= 0.6 is 0 Å². The maximum absolute atomic E-state index is 10.3. The molecule has 0 atom stereocenters. The van der Waals surface area contributed by atoms with Gasteiger partial charge in [0.1, 0.15) is 12.4 Å². The number of aliphatic carboxylic acids is 1. The van der Waals surface area contributed by atoms with E-state index in [-0.39, 0.29) is 0 Å². The number of carboxylic acid groups (broad SMARTS) is 1. The molecule has 0 saturated heterocycles. The van der Waals surface area contributed by atoms with E-state index < -0.39 is 5.97 Å². The standard InChI is InChI=1S/C13H15NO3/c1-3-10(2)9-17-12-6-4-11(14-8-12)5-7-13(15)16/h4-8H,2-3,9H2,1H3,(H,15,16). The van der Waals surface area contributed by atoms with Crippen molar-refractivity contribution < 1.29 is 14.6 Å². The second-order valence-corrected chi connectivity index (χ2v) is 3.48. The fourth-order valence-corrected chi connectivity index (χ4v) is 1.02. The van der Waals surface area contributed by atoms with Crippen LogP contribution in [0.4, 0.5) is 0 Å². The van der Waals surface area contributed by atoms with Gasteiger partial charge in [-0.25, -0.2) is 4.79 Å². The SMILES string of the molecule is C=C(CC)COc1ccc(C=CC(=O)O)nc1. The van der Waals surface area contributed by atoms with Gasteiger partial charge in [-0.3, -0.25) is 4.98 Å². The van der Waals surface area contributed by atoms with Crippen molar-refractivity contribution in [3.05, 3.63) is 42.3 Å². The monoisotopic (exact) mass is 233 g/mol. The van der Waals surface area contributed by atoms with Crippen molar-refractivity contribution in [3.63, 3.8) is 0 Å². The number of hydrogen-bond acceptors (Lipinski definition) is 3. The van der Waals surface area contributed by atoms with E-state index >= 15 is 0 Å². The van der Waals surface area contributed by atoms with Crippen LogP contribution in [0, 0.1) is 0 Å². The topological polar surface area (TPSA) is 59.4 Å². The molecule has 0 unspecified atom stereocenters. The summed E-state index contributed by atoms with van der Waals surface area (Å²) in [6.45, 7) is 6.33. The first-order valence-electron chi connectivity index (χ1n) is 5.28.